The largest absolute Gasteiger partial charge is 0.394 e. The van der Waals surface area contributed by atoms with Gasteiger partial charge in [-0.1, -0.05) is 38.8 Å². The molecular weight excluding hydrogens is 446 g/mol. The molecule has 35 heavy (non-hydrogen) atoms. The molecule has 3 rings (SSSR count). The van der Waals surface area contributed by atoms with Gasteiger partial charge in [-0.2, -0.15) is 0 Å². The van der Waals surface area contributed by atoms with E-state index in [1.807, 2.05) is 13.8 Å². The smallest absolute Gasteiger partial charge is 0.248 e. The van der Waals surface area contributed by atoms with Crippen LogP contribution >= 0.6 is 0 Å². The van der Waals surface area contributed by atoms with Gasteiger partial charge in [0.25, 0.3) is 0 Å². The second-order valence-corrected chi connectivity index (χ2v) is 10.5. The van der Waals surface area contributed by atoms with Crippen LogP contribution in [0.4, 0.5) is 0 Å². The summed E-state index contributed by atoms with van der Waals surface area (Å²) >= 11 is 0. The first-order chi connectivity index (χ1) is 16.7. The molecule has 0 aromatic carbocycles. The van der Waals surface area contributed by atoms with E-state index < -0.39 is 35.1 Å². The first-order valence-corrected chi connectivity index (χ1v) is 13.1. The van der Waals surface area contributed by atoms with Crippen molar-refractivity contribution >= 4 is 17.7 Å². The van der Waals surface area contributed by atoms with Gasteiger partial charge in [0.2, 0.25) is 17.7 Å². The van der Waals surface area contributed by atoms with Crippen LogP contribution in [-0.2, 0) is 19.1 Å². The zero-order chi connectivity index (χ0) is 26.0. The van der Waals surface area contributed by atoms with E-state index in [2.05, 4.69) is 20.1 Å². The van der Waals surface area contributed by atoms with Gasteiger partial charge in [-0.15, -0.1) is 13.2 Å². The molecule has 6 atom stereocenters. The summed E-state index contributed by atoms with van der Waals surface area (Å²) in [5, 5.41) is 10.2. The van der Waals surface area contributed by atoms with E-state index in [4.69, 9.17) is 4.74 Å². The summed E-state index contributed by atoms with van der Waals surface area (Å²) in [6.07, 6.45) is 7.87. The van der Waals surface area contributed by atoms with E-state index >= 15 is 0 Å². The Balaban J connectivity index is 2.08. The Hall–Kier alpha value is -2.19. The Kier molecular flexibility index (Phi) is 8.48. The number of carbonyl (C=O) groups excluding carboxylic acids is 3. The predicted octanol–water partition coefficient (Wildman–Crippen LogP) is 2.37. The van der Waals surface area contributed by atoms with Gasteiger partial charge in [0.05, 0.1) is 30.1 Å². The number of hydrogen-bond acceptors (Lipinski definition) is 5. The molecule has 0 saturated carbocycles. The quantitative estimate of drug-likeness (QED) is 0.317. The van der Waals surface area contributed by atoms with Crippen LogP contribution in [0, 0.1) is 11.8 Å². The van der Waals surface area contributed by atoms with E-state index in [1.165, 1.54) is 0 Å². The minimum absolute atomic E-state index is 0.164. The molecule has 0 aliphatic carbocycles. The zero-order valence-electron chi connectivity index (χ0n) is 21.9. The highest BCUT2D eigenvalue weighted by molar-refractivity contribution is 5.99. The number of likely N-dealkylation sites (N-methyl/N-ethyl adjacent to an activating group) is 1. The fourth-order valence-electron chi connectivity index (χ4n) is 6.52. The van der Waals surface area contributed by atoms with Gasteiger partial charge in [-0.3, -0.25) is 14.4 Å². The van der Waals surface area contributed by atoms with Gasteiger partial charge in [-0.25, -0.2) is 0 Å². The SMILES string of the molecule is C=CCN(C)C(=O)[C@@H]1[C@H]2C(=O)N([C@@H](CC)CO)C(C(=O)N(CC=C)CCCCC)C23CC[C@@]1(C)O3. The van der Waals surface area contributed by atoms with Crippen LogP contribution in [0.2, 0.25) is 0 Å². The van der Waals surface area contributed by atoms with Crippen molar-refractivity contribution in [1.29, 1.82) is 0 Å². The summed E-state index contributed by atoms with van der Waals surface area (Å²) in [4.78, 5) is 46.7. The number of hydrogen-bond donors (Lipinski definition) is 1. The summed E-state index contributed by atoms with van der Waals surface area (Å²) in [6, 6.07) is -1.39. The second kappa shape index (κ2) is 10.8. The molecule has 1 N–H and O–H groups in total. The van der Waals surface area contributed by atoms with Crippen LogP contribution in [0.5, 0.6) is 0 Å². The number of aliphatic hydroxyl groups excluding tert-OH is 1. The molecule has 3 amide bonds. The molecule has 3 aliphatic rings. The fraction of sp³-hybridized carbons (Fsp3) is 0.741. The van der Waals surface area contributed by atoms with Gasteiger partial charge < -0.3 is 24.5 Å². The van der Waals surface area contributed by atoms with Crippen LogP contribution in [-0.4, -0.2) is 94.1 Å². The molecular formula is C27H43N3O5. The number of carbonyl (C=O) groups is 3. The standard InChI is InChI=1S/C27H43N3O5/c1-7-11-12-17-29(16-9-3)25(34)22-27-14-13-26(5,35-27)20(23(32)28(6)15-8-2)21(27)24(33)30(22)19(10-4)18-31/h8-9,19-22,31H,2-3,7,10-18H2,1,4-6H3/t19-,20-,21-,22?,26+,27?/m0/s1. The molecule has 3 heterocycles. The average molecular weight is 490 g/mol. The molecule has 2 bridgehead atoms. The lowest BCUT2D eigenvalue weighted by Gasteiger charge is -2.39. The number of nitrogens with zero attached hydrogens (tertiary/aromatic N) is 3. The van der Waals surface area contributed by atoms with E-state index in [0.717, 1.165) is 19.3 Å². The second-order valence-electron chi connectivity index (χ2n) is 10.5. The number of unbranched alkanes of at least 4 members (excludes halogenated alkanes) is 2. The van der Waals surface area contributed by atoms with E-state index in [9.17, 15) is 19.5 Å². The maximum atomic E-state index is 14.2. The van der Waals surface area contributed by atoms with Crippen molar-refractivity contribution < 1.29 is 24.2 Å². The third-order valence-electron chi connectivity index (χ3n) is 8.26. The zero-order valence-corrected chi connectivity index (χ0v) is 21.9. The van der Waals surface area contributed by atoms with Gasteiger partial charge >= 0.3 is 0 Å². The van der Waals surface area contributed by atoms with Crippen LogP contribution in [0.1, 0.15) is 59.3 Å². The van der Waals surface area contributed by atoms with Crippen LogP contribution in [0.3, 0.4) is 0 Å². The van der Waals surface area contributed by atoms with Crippen molar-refractivity contribution in [2.24, 2.45) is 11.8 Å². The van der Waals surface area contributed by atoms with Crippen LogP contribution in [0.15, 0.2) is 25.3 Å². The summed E-state index contributed by atoms with van der Waals surface area (Å²) in [7, 11) is 1.70. The number of amides is 3. The minimum atomic E-state index is -1.08. The molecule has 3 fully saturated rings. The van der Waals surface area contributed by atoms with Crippen molar-refractivity contribution in [1.82, 2.24) is 14.7 Å². The number of ether oxygens (including phenoxy) is 1. The number of fused-ring (bicyclic) bond motifs is 1. The molecule has 196 valence electrons. The first-order valence-electron chi connectivity index (χ1n) is 13.1. The molecule has 2 unspecified atom stereocenters. The first kappa shape index (κ1) is 27.4. The molecule has 3 saturated heterocycles. The average Bonchev–Trinajstić information content (AvgIpc) is 3.40. The van der Waals surface area contributed by atoms with E-state index in [-0.39, 0.29) is 24.3 Å². The van der Waals surface area contributed by atoms with E-state index in [0.29, 0.717) is 38.9 Å². The molecule has 3 aliphatic heterocycles. The molecule has 0 aromatic heterocycles. The lowest BCUT2D eigenvalue weighted by Crippen LogP contribution is -2.58. The highest BCUT2D eigenvalue weighted by Crippen LogP contribution is 2.63. The predicted molar refractivity (Wildman–Crippen MR) is 134 cm³/mol. The van der Waals surface area contributed by atoms with Gasteiger partial charge in [-0.05, 0) is 32.6 Å². The minimum Gasteiger partial charge on any atom is -0.394 e. The van der Waals surface area contributed by atoms with Crippen molar-refractivity contribution in [3.8, 4) is 0 Å². The molecule has 0 aromatic rings. The Morgan fingerprint density at radius 2 is 1.89 bits per heavy atom. The number of aliphatic hydroxyl groups is 1. The monoisotopic (exact) mass is 489 g/mol. The summed E-state index contributed by atoms with van der Waals surface area (Å²) < 4.78 is 6.67. The molecule has 8 heteroatoms. The Morgan fingerprint density at radius 1 is 1.20 bits per heavy atom. The van der Waals surface area contributed by atoms with Crippen molar-refractivity contribution in [2.75, 3.05) is 33.3 Å². The van der Waals surface area contributed by atoms with Gasteiger partial charge in [0.1, 0.15) is 11.6 Å². The van der Waals surface area contributed by atoms with Crippen LogP contribution < -0.4 is 0 Å². The summed E-state index contributed by atoms with van der Waals surface area (Å²) in [5.41, 5.74) is -1.89. The molecule has 0 radical (unpaired) electrons. The lowest BCUT2D eigenvalue weighted by atomic mass is 9.66. The molecule has 1 spiro atoms. The van der Waals surface area contributed by atoms with Crippen molar-refractivity contribution in [2.45, 2.75) is 82.6 Å². The lowest BCUT2D eigenvalue weighted by molar-refractivity contribution is -0.156. The fourth-order valence-corrected chi connectivity index (χ4v) is 6.52. The Labute approximate surface area is 210 Å². The molecule has 8 nitrogen and oxygen atoms in total. The van der Waals surface area contributed by atoms with Crippen molar-refractivity contribution in [3.05, 3.63) is 25.3 Å². The topological polar surface area (TPSA) is 90.4 Å². The van der Waals surface area contributed by atoms with Crippen molar-refractivity contribution in [3.63, 3.8) is 0 Å². The third kappa shape index (κ3) is 4.44. The highest BCUT2D eigenvalue weighted by Gasteiger charge is 2.78. The van der Waals surface area contributed by atoms with Gasteiger partial charge in [0, 0.05) is 26.7 Å². The summed E-state index contributed by atoms with van der Waals surface area (Å²) in [5.74, 6) is -2.04. The number of rotatable bonds is 13. The van der Waals surface area contributed by atoms with Gasteiger partial charge in [0.15, 0.2) is 0 Å². The van der Waals surface area contributed by atoms with Crippen LogP contribution in [0.25, 0.3) is 0 Å². The third-order valence-corrected chi connectivity index (χ3v) is 8.26. The highest BCUT2D eigenvalue weighted by atomic mass is 16.5. The normalized spacial score (nSPS) is 31.9. The Bertz CT molecular complexity index is 843. The Morgan fingerprint density at radius 3 is 2.46 bits per heavy atom. The summed E-state index contributed by atoms with van der Waals surface area (Å²) in [6.45, 7) is 14.5. The maximum absolute atomic E-state index is 14.2. The van der Waals surface area contributed by atoms with E-state index in [1.54, 1.807) is 33.9 Å². The maximum Gasteiger partial charge on any atom is 0.248 e. The number of likely N-dealkylation sites (tertiary alicyclic amines) is 1.